The summed E-state index contributed by atoms with van der Waals surface area (Å²) >= 11 is 1.05. The van der Waals surface area contributed by atoms with E-state index in [1.165, 1.54) is 13.1 Å². The van der Waals surface area contributed by atoms with E-state index in [2.05, 4.69) is 25.7 Å². The monoisotopic (exact) mass is 523 g/mol. The molecule has 0 unspecified atom stereocenters. The number of hydrogen-bond acceptors (Lipinski definition) is 7. The number of nitriles is 1. The molecule has 11 heteroatoms. The van der Waals surface area contributed by atoms with Crippen LogP contribution in [-0.2, 0) is 4.74 Å². The zero-order chi connectivity index (χ0) is 26.1. The summed E-state index contributed by atoms with van der Waals surface area (Å²) in [5.74, 6) is -1.46. The molecule has 0 spiro atoms. The SMILES string of the molecule is CCOCN1CCC[C@H](n2ncc(-c3cc(Sc4nc(C)c(F)cc4F)c4c(C#N)cnn4c3)c2C)C1. The first-order valence-electron chi connectivity index (χ1n) is 12.2. The smallest absolute Gasteiger partial charge is 0.158 e. The topological polar surface area (TPSA) is 84.3 Å². The second-order valence-electron chi connectivity index (χ2n) is 9.08. The molecule has 0 amide bonds. The van der Waals surface area contributed by atoms with E-state index in [1.807, 2.05) is 32.3 Å². The molecule has 0 saturated carbocycles. The predicted molar refractivity (Wildman–Crippen MR) is 135 cm³/mol. The highest BCUT2D eigenvalue weighted by Crippen LogP contribution is 2.37. The highest BCUT2D eigenvalue weighted by Gasteiger charge is 2.25. The summed E-state index contributed by atoms with van der Waals surface area (Å²) < 4.78 is 37.7. The first-order chi connectivity index (χ1) is 17.9. The quantitative estimate of drug-likeness (QED) is 0.332. The molecular weight excluding hydrogens is 496 g/mol. The van der Waals surface area contributed by atoms with Gasteiger partial charge in [0, 0.05) is 53.7 Å². The Morgan fingerprint density at radius 3 is 2.81 bits per heavy atom. The van der Waals surface area contributed by atoms with E-state index in [0.29, 0.717) is 29.3 Å². The van der Waals surface area contributed by atoms with Gasteiger partial charge in [0.15, 0.2) is 5.82 Å². The fourth-order valence-electron chi connectivity index (χ4n) is 4.75. The Labute approximate surface area is 217 Å². The minimum atomic E-state index is -0.757. The number of fused-ring (bicyclic) bond motifs is 1. The standard InChI is InChI=1S/C26H27F2N7OS/c1-4-36-15-33-7-5-6-20(14-33)35-17(3)21(12-31-35)18-8-24(25-19(10-29)11-30-34(25)13-18)37-26-23(28)9-22(27)16(2)32-26/h8-9,11-13,20H,4-7,14-15H2,1-3H3/t20-/m0/s1. The summed E-state index contributed by atoms with van der Waals surface area (Å²) in [6, 6.07) is 5.10. The third-order valence-corrected chi connectivity index (χ3v) is 7.65. The third-order valence-electron chi connectivity index (χ3n) is 6.64. The number of piperidine rings is 1. The zero-order valence-corrected chi connectivity index (χ0v) is 21.7. The maximum absolute atomic E-state index is 14.6. The predicted octanol–water partition coefficient (Wildman–Crippen LogP) is 5.14. The van der Waals surface area contributed by atoms with Gasteiger partial charge >= 0.3 is 0 Å². The minimum absolute atomic E-state index is 0.0343. The summed E-state index contributed by atoms with van der Waals surface area (Å²) in [5, 5.41) is 18.7. The number of halogens is 2. The van der Waals surface area contributed by atoms with Crippen LogP contribution in [0.15, 0.2) is 40.6 Å². The van der Waals surface area contributed by atoms with Crippen LogP contribution in [0.5, 0.6) is 0 Å². The van der Waals surface area contributed by atoms with E-state index in [1.54, 1.807) is 4.52 Å². The van der Waals surface area contributed by atoms with Crippen LogP contribution in [0.25, 0.3) is 16.6 Å². The van der Waals surface area contributed by atoms with Crippen LogP contribution in [0, 0.1) is 36.8 Å². The van der Waals surface area contributed by atoms with Crippen LogP contribution in [0.2, 0.25) is 0 Å². The number of nitrogens with zero attached hydrogens (tertiary/aromatic N) is 7. The second kappa shape index (κ2) is 10.6. The number of pyridine rings is 2. The summed E-state index contributed by atoms with van der Waals surface area (Å²) in [4.78, 5) is 7.00. The fraction of sp³-hybridized carbons (Fsp3) is 0.385. The van der Waals surface area contributed by atoms with Crippen molar-refractivity contribution < 1.29 is 13.5 Å². The van der Waals surface area contributed by atoms with Crippen molar-refractivity contribution in [1.82, 2.24) is 29.3 Å². The highest BCUT2D eigenvalue weighted by atomic mass is 32.2. The zero-order valence-electron chi connectivity index (χ0n) is 20.9. The summed E-state index contributed by atoms with van der Waals surface area (Å²) in [6.07, 6.45) is 7.26. The second-order valence-corrected chi connectivity index (χ2v) is 10.1. The lowest BCUT2D eigenvalue weighted by Gasteiger charge is -2.33. The molecule has 1 aliphatic heterocycles. The molecule has 0 aliphatic carbocycles. The molecule has 0 aromatic carbocycles. The molecule has 4 aromatic rings. The van der Waals surface area contributed by atoms with Gasteiger partial charge in [0.2, 0.25) is 0 Å². The molecule has 1 saturated heterocycles. The van der Waals surface area contributed by atoms with E-state index >= 15 is 0 Å². The molecule has 5 heterocycles. The molecular formula is C26H27F2N7OS. The molecule has 192 valence electrons. The average Bonchev–Trinajstić information content (AvgIpc) is 3.49. The van der Waals surface area contributed by atoms with Gasteiger partial charge in [-0.2, -0.15) is 15.5 Å². The van der Waals surface area contributed by atoms with Crippen LogP contribution in [0.3, 0.4) is 0 Å². The van der Waals surface area contributed by atoms with Gasteiger partial charge in [-0.05, 0) is 39.7 Å². The van der Waals surface area contributed by atoms with Gasteiger partial charge in [-0.25, -0.2) is 18.3 Å². The fourth-order valence-corrected chi connectivity index (χ4v) is 5.78. The maximum atomic E-state index is 14.6. The Balaban J connectivity index is 1.53. The van der Waals surface area contributed by atoms with Gasteiger partial charge in [-0.1, -0.05) is 11.8 Å². The molecule has 4 aromatic heterocycles. The van der Waals surface area contributed by atoms with Gasteiger partial charge in [0.05, 0.1) is 41.9 Å². The number of hydrogen-bond donors (Lipinski definition) is 0. The minimum Gasteiger partial charge on any atom is -0.366 e. The first kappa shape index (κ1) is 25.3. The summed E-state index contributed by atoms with van der Waals surface area (Å²) in [6.45, 7) is 8.70. The number of rotatable bonds is 7. The number of aromatic nitrogens is 5. The maximum Gasteiger partial charge on any atom is 0.158 e. The van der Waals surface area contributed by atoms with Crippen molar-refractivity contribution in [3.63, 3.8) is 0 Å². The molecule has 1 aliphatic rings. The molecule has 1 atom stereocenters. The number of likely N-dealkylation sites (tertiary alicyclic amines) is 1. The lowest BCUT2D eigenvalue weighted by molar-refractivity contribution is 0.0123. The van der Waals surface area contributed by atoms with Crippen LogP contribution < -0.4 is 0 Å². The van der Waals surface area contributed by atoms with Gasteiger partial charge in [-0.3, -0.25) is 9.58 Å². The van der Waals surface area contributed by atoms with E-state index in [4.69, 9.17) is 9.84 Å². The van der Waals surface area contributed by atoms with Crippen LogP contribution in [0.4, 0.5) is 8.78 Å². The van der Waals surface area contributed by atoms with Crippen LogP contribution >= 0.6 is 11.8 Å². The Morgan fingerprint density at radius 2 is 2.03 bits per heavy atom. The summed E-state index contributed by atoms with van der Waals surface area (Å²) in [7, 11) is 0. The molecule has 1 fully saturated rings. The normalized spacial score (nSPS) is 16.4. The van der Waals surface area contributed by atoms with Crippen LogP contribution in [-0.4, -0.2) is 55.7 Å². The molecule has 5 rings (SSSR count). The summed E-state index contributed by atoms with van der Waals surface area (Å²) in [5.41, 5.74) is 3.76. The number of aryl methyl sites for hydroxylation is 1. The van der Waals surface area contributed by atoms with E-state index in [9.17, 15) is 14.0 Å². The van der Waals surface area contributed by atoms with Gasteiger partial charge in [0.1, 0.15) is 16.9 Å². The Kier molecular flexibility index (Phi) is 7.24. The Morgan fingerprint density at radius 1 is 1.19 bits per heavy atom. The van der Waals surface area contributed by atoms with Crippen molar-refractivity contribution in [3.05, 3.63) is 59.3 Å². The number of ether oxygens (including phenoxy) is 1. The van der Waals surface area contributed by atoms with Crippen molar-refractivity contribution in [2.75, 3.05) is 26.4 Å². The third kappa shape index (κ3) is 4.97. The molecule has 0 bridgehead atoms. The lowest BCUT2D eigenvalue weighted by atomic mass is 10.0. The van der Waals surface area contributed by atoms with Gasteiger partial charge < -0.3 is 4.74 Å². The highest BCUT2D eigenvalue weighted by molar-refractivity contribution is 7.99. The largest absolute Gasteiger partial charge is 0.366 e. The van der Waals surface area contributed by atoms with Crippen molar-refractivity contribution in [3.8, 4) is 17.2 Å². The van der Waals surface area contributed by atoms with E-state index in [0.717, 1.165) is 60.6 Å². The Bertz CT molecular complexity index is 1490. The van der Waals surface area contributed by atoms with E-state index in [-0.39, 0.29) is 16.8 Å². The van der Waals surface area contributed by atoms with Crippen molar-refractivity contribution in [2.45, 2.75) is 49.6 Å². The molecule has 0 radical (unpaired) electrons. The Hall–Kier alpha value is -3.33. The van der Waals surface area contributed by atoms with Crippen molar-refractivity contribution in [2.24, 2.45) is 0 Å². The molecule has 37 heavy (non-hydrogen) atoms. The van der Waals surface area contributed by atoms with Crippen LogP contribution in [0.1, 0.15) is 42.8 Å². The molecule has 8 nitrogen and oxygen atoms in total. The first-order valence-corrected chi connectivity index (χ1v) is 13.0. The average molecular weight is 524 g/mol. The van der Waals surface area contributed by atoms with E-state index < -0.39 is 11.6 Å². The lowest BCUT2D eigenvalue weighted by Crippen LogP contribution is -2.38. The van der Waals surface area contributed by atoms with Crippen molar-refractivity contribution in [1.29, 1.82) is 5.26 Å². The van der Waals surface area contributed by atoms with Crippen molar-refractivity contribution >= 4 is 17.3 Å². The van der Waals surface area contributed by atoms with Gasteiger partial charge in [-0.15, -0.1) is 0 Å². The van der Waals surface area contributed by atoms with Gasteiger partial charge in [0.25, 0.3) is 0 Å². The molecule has 0 N–H and O–H groups in total.